The van der Waals surface area contributed by atoms with E-state index in [1.807, 2.05) is 43.0 Å². The molecule has 1 fully saturated rings. The number of para-hydroxylation sites is 1. The Morgan fingerprint density at radius 2 is 1.80 bits per heavy atom. The summed E-state index contributed by atoms with van der Waals surface area (Å²) < 4.78 is 5.24. The van der Waals surface area contributed by atoms with Crippen molar-refractivity contribution in [1.29, 1.82) is 0 Å². The minimum atomic E-state index is 0.0227. The van der Waals surface area contributed by atoms with Gasteiger partial charge in [0, 0.05) is 37.6 Å². The molecule has 0 N–H and O–H groups in total. The van der Waals surface area contributed by atoms with Crippen LogP contribution in [0.3, 0.4) is 0 Å². The molecule has 0 radical (unpaired) electrons. The van der Waals surface area contributed by atoms with Gasteiger partial charge in [-0.25, -0.2) is 4.98 Å². The summed E-state index contributed by atoms with van der Waals surface area (Å²) in [6.45, 7) is 6.74. The Hall–Kier alpha value is -2.89. The van der Waals surface area contributed by atoms with E-state index in [4.69, 9.17) is 4.52 Å². The minimum Gasteiger partial charge on any atom is -0.368 e. The first-order chi connectivity index (χ1) is 12.1. The molecule has 4 rings (SSSR count). The standard InChI is InChI=1S/C19H20N4O2/c1-13-12-16(17-14(2)21-25-18(17)20-13)19(24)23-10-8-22(9-11-23)15-6-4-3-5-7-15/h3-7,12H,8-11H2,1-2H3. The molecule has 3 aromatic rings. The highest BCUT2D eigenvalue weighted by atomic mass is 16.5. The van der Waals surface area contributed by atoms with Crippen molar-refractivity contribution in [2.24, 2.45) is 0 Å². The molecule has 2 aromatic heterocycles. The summed E-state index contributed by atoms with van der Waals surface area (Å²) in [5.41, 5.74) is 3.73. The third kappa shape index (κ3) is 2.84. The number of hydrogen-bond acceptors (Lipinski definition) is 5. The van der Waals surface area contributed by atoms with E-state index in [9.17, 15) is 4.79 Å². The molecule has 6 heteroatoms. The van der Waals surface area contributed by atoms with E-state index < -0.39 is 0 Å². The molecule has 0 saturated carbocycles. The van der Waals surface area contributed by atoms with Crippen LogP contribution in [-0.4, -0.2) is 47.1 Å². The molecule has 0 unspecified atom stereocenters. The number of amides is 1. The van der Waals surface area contributed by atoms with Crippen LogP contribution < -0.4 is 4.90 Å². The van der Waals surface area contributed by atoms with Gasteiger partial charge in [-0.1, -0.05) is 23.4 Å². The lowest BCUT2D eigenvalue weighted by atomic mass is 10.1. The monoisotopic (exact) mass is 336 g/mol. The third-order valence-corrected chi connectivity index (χ3v) is 4.66. The summed E-state index contributed by atoms with van der Waals surface area (Å²) in [5, 5.41) is 4.68. The van der Waals surface area contributed by atoms with E-state index in [0.29, 0.717) is 30.1 Å². The van der Waals surface area contributed by atoms with Gasteiger partial charge in [0.05, 0.1) is 16.6 Å². The first kappa shape index (κ1) is 15.6. The normalized spacial score (nSPS) is 15.0. The van der Waals surface area contributed by atoms with Crippen molar-refractivity contribution in [3.63, 3.8) is 0 Å². The van der Waals surface area contributed by atoms with Gasteiger partial charge in [0.15, 0.2) is 0 Å². The Bertz CT molecular complexity index is 912. The third-order valence-electron chi connectivity index (χ3n) is 4.66. The smallest absolute Gasteiger partial charge is 0.258 e. The summed E-state index contributed by atoms with van der Waals surface area (Å²) in [7, 11) is 0. The molecule has 1 amide bonds. The molecular formula is C19H20N4O2. The van der Waals surface area contributed by atoms with Crippen LogP contribution in [0.25, 0.3) is 11.1 Å². The molecule has 0 aliphatic carbocycles. The zero-order valence-corrected chi connectivity index (χ0v) is 14.4. The van der Waals surface area contributed by atoms with Gasteiger partial charge < -0.3 is 14.3 Å². The van der Waals surface area contributed by atoms with Gasteiger partial charge in [-0.3, -0.25) is 4.79 Å². The van der Waals surface area contributed by atoms with Crippen molar-refractivity contribution >= 4 is 22.7 Å². The quantitative estimate of drug-likeness (QED) is 0.720. The zero-order valence-electron chi connectivity index (χ0n) is 14.4. The number of pyridine rings is 1. The summed E-state index contributed by atoms with van der Waals surface area (Å²) >= 11 is 0. The number of aromatic nitrogens is 2. The predicted octanol–water partition coefficient (Wildman–Crippen LogP) is 2.80. The molecule has 25 heavy (non-hydrogen) atoms. The van der Waals surface area contributed by atoms with Crippen LogP contribution in [0.15, 0.2) is 40.9 Å². The van der Waals surface area contributed by atoms with E-state index in [1.54, 1.807) is 0 Å². The van der Waals surface area contributed by atoms with Crippen LogP contribution in [0.2, 0.25) is 0 Å². The molecule has 1 aromatic carbocycles. The fourth-order valence-corrected chi connectivity index (χ4v) is 3.36. The minimum absolute atomic E-state index is 0.0227. The molecule has 0 atom stereocenters. The highest BCUT2D eigenvalue weighted by Crippen LogP contribution is 2.24. The van der Waals surface area contributed by atoms with Gasteiger partial charge in [-0.15, -0.1) is 0 Å². The van der Waals surface area contributed by atoms with E-state index >= 15 is 0 Å². The fourth-order valence-electron chi connectivity index (χ4n) is 3.36. The number of piperazine rings is 1. The second-order valence-electron chi connectivity index (χ2n) is 6.37. The number of aryl methyl sites for hydroxylation is 2. The van der Waals surface area contributed by atoms with Gasteiger partial charge in [0.25, 0.3) is 11.6 Å². The lowest BCUT2D eigenvalue weighted by Gasteiger charge is -2.36. The number of benzene rings is 1. The SMILES string of the molecule is Cc1cc(C(=O)N2CCN(c3ccccc3)CC2)c2c(C)noc2n1. The summed E-state index contributed by atoms with van der Waals surface area (Å²) in [4.78, 5) is 21.6. The Balaban J connectivity index is 1.56. The second kappa shape index (κ2) is 6.20. The largest absolute Gasteiger partial charge is 0.368 e. The number of nitrogens with zero attached hydrogens (tertiary/aromatic N) is 4. The molecule has 1 saturated heterocycles. The van der Waals surface area contributed by atoms with Crippen molar-refractivity contribution in [2.45, 2.75) is 13.8 Å². The van der Waals surface area contributed by atoms with Crippen LogP contribution >= 0.6 is 0 Å². The van der Waals surface area contributed by atoms with Gasteiger partial charge in [-0.05, 0) is 32.0 Å². The molecule has 1 aliphatic heterocycles. The number of anilines is 1. The van der Waals surface area contributed by atoms with Crippen molar-refractivity contribution in [3.8, 4) is 0 Å². The van der Waals surface area contributed by atoms with Crippen LogP contribution in [0.1, 0.15) is 21.7 Å². The van der Waals surface area contributed by atoms with Gasteiger partial charge >= 0.3 is 0 Å². The van der Waals surface area contributed by atoms with Gasteiger partial charge in [0.2, 0.25) is 0 Å². The lowest BCUT2D eigenvalue weighted by molar-refractivity contribution is 0.0748. The number of carbonyl (C=O) groups excluding carboxylic acids is 1. The number of carbonyl (C=O) groups is 1. The van der Waals surface area contributed by atoms with Crippen molar-refractivity contribution in [3.05, 3.63) is 53.3 Å². The average Bonchev–Trinajstić information content (AvgIpc) is 3.02. The van der Waals surface area contributed by atoms with Gasteiger partial charge in [0.1, 0.15) is 0 Å². The summed E-state index contributed by atoms with van der Waals surface area (Å²) in [5.74, 6) is 0.0227. The maximum absolute atomic E-state index is 13.1. The van der Waals surface area contributed by atoms with E-state index in [-0.39, 0.29) is 5.91 Å². The number of hydrogen-bond donors (Lipinski definition) is 0. The second-order valence-corrected chi connectivity index (χ2v) is 6.37. The molecular weight excluding hydrogens is 316 g/mol. The topological polar surface area (TPSA) is 62.5 Å². The highest BCUT2D eigenvalue weighted by Gasteiger charge is 2.25. The van der Waals surface area contributed by atoms with Crippen LogP contribution in [0.4, 0.5) is 5.69 Å². The zero-order chi connectivity index (χ0) is 17.4. The average molecular weight is 336 g/mol. The molecule has 6 nitrogen and oxygen atoms in total. The Kier molecular flexibility index (Phi) is 3.87. The maximum atomic E-state index is 13.1. The van der Waals surface area contributed by atoms with Crippen LogP contribution in [0, 0.1) is 13.8 Å². The first-order valence-corrected chi connectivity index (χ1v) is 8.46. The molecule has 128 valence electrons. The molecule has 3 heterocycles. The van der Waals surface area contributed by atoms with Crippen molar-refractivity contribution in [2.75, 3.05) is 31.1 Å². The van der Waals surface area contributed by atoms with Crippen LogP contribution in [-0.2, 0) is 0 Å². The first-order valence-electron chi connectivity index (χ1n) is 8.46. The van der Waals surface area contributed by atoms with E-state index in [2.05, 4.69) is 27.2 Å². The Morgan fingerprint density at radius 3 is 2.52 bits per heavy atom. The number of fused-ring (bicyclic) bond motifs is 1. The fraction of sp³-hybridized carbons (Fsp3) is 0.316. The van der Waals surface area contributed by atoms with E-state index in [0.717, 1.165) is 24.2 Å². The molecule has 0 spiro atoms. The van der Waals surface area contributed by atoms with Crippen molar-refractivity contribution < 1.29 is 9.32 Å². The maximum Gasteiger partial charge on any atom is 0.258 e. The molecule has 1 aliphatic rings. The van der Waals surface area contributed by atoms with Crippen LogP contribution in [0.5, 0.6) is 0 Å². The van der Waals surface area contributed by atoms with Crippen molar-refractivity contribution in [1.82, 2.24) is 15.0 Å². The Labute approximate surface area is 146 Å². The summed E-state index contributed by atoms with van der Waals surface area (Å²) in [6, 6.07) is 12.1. The number of rotatable bonds is 2. The Morgan fingerprint density at radius 1 is 1.08 bits per heavy atom. The highest BCUT2D eigenvalue weighted by molar-refractivity contribution is 6.06. The lowest BCUT2D eigenvalue weighted by Crippen LogP contribution is -2.48. The summed E-state index contributed by atoms with van der Waals surface area (Å²) in [6.07, 6.45) is 0. The van der Waals surface area contributed by atoms with E-state index in [1.165, 1.54) is 5.69 Å². The predicted molar refractivity (Wildman–Crippen MR) is 95.8 cm³/mol. The van der Waals surface area contributed by atoms with Gasteiger partial charge in [-0.2, -0.15) is 0 Å². The molecule has 0 bridgehead atoms.